The molecule has 5 nitrogen and oxygen atoms in total. The summed E-state index contributed by atoms with van der Waals surface area (Å²) >= 11 is 3.36. The highest BCUT2D eigenvalue weighted by atomic mass is 79.9. The van der Waals surface area contributed by atoms with Gasteiger partial charge in [-0.15, -0.1) is 0 Å². The summed E-state index contributed by atoms with van der Waals surface area (Å²) in [6.07, 6.45) is 3.46. The van der Waals surface area contributed by atoms with E-state index in [4.69, 9.17) is 0 Å². The minimum absolute atomic E-state index is 0.229. The zero-order chi connectivity index (χ0) is 14.1. The number of rotatable bonds is 3. The molecule has 3 rings (SSSR count). The molecular formula is C14H11BrN4O. The summed E-state index contributed by atoms with van der Waals surface area (Å²) in [6.45, 7) is 0. The molecule has 0 unspecified atom stereocenters. The Morgan fingerprint density at radius 1 is 1.40 bits per heavy atom. The molecule has 1 heterocycles. The van der Waals surface area contributed by atoms with Crippen molar-refractivity contribution < 1.29 is 4.79 Å². The van der Waals surface area contributed by atoms with Gasteiger partial charge in [-0.3, -0.25) is 4.79 Å². The van der Waals surface area contributed by atoms with Gasteiger partial charge in [-0.1, -0.05) is 15.9 Å². The van der Waals surface area contributed by atoms with E-state index in [0.29, 0.717) is 5.56 Å². The van der Waals surface area contributed by atoms with Gasteiger partial charge in [-0.2, -0.15) is 10.4 Å². The van der Waals surface area contributed by atoms with Gasteiger partial charge in [-0.05, 0) is 37.1 Å². The lowest BCUT2D eigenvalue weighted by atomic mass is 10.2. The topological polar surface area (TPSA) is 70.7 Å². The maximum absolute atomic E-state index is 12.1. The van der Waals surface area contributed by atoms with E-state index in [-0.39, 0.29) is 17.6 Å². The second-order valence-electron chi connectivity index (χ2n) is 4.65. The number of aromatic nitrogens is 2. The van der Waals surface area contributed by atoms with Gasteiger partial charge in [0, 0.05) is 10.5 Å². The monoisotopic (exact) mass is 330 g/mol. The van der Waals surface area contributed by atoms with Crippen molar-refractivity contribution in [1.82, 2.24) is 15.1 Å². The summed E-state index contributed by atoms with van der Waals surface area (Å²) in [6, 6.07) is 9.71. The Morgan fingerprint density at radius 2 is 2.10 bits per heavy atom. The average Bonchev–Trinajstić information content (AvgIpc) is 3.15. The van der Waals surface area contributed by atoms with E-state index in [1.807, 2.05) is 24.3 Å². The van der Waals surface area contributed by atoms with Gasteiger partial charge in [0.15, 0.2) is 5.69 Å². The Labute approximate surface area is 124 Å². The standard InChI is InChI=1S/C14H11BrN4O/c15-9-1-5-11(6-2-9)19-13(7-16)12(8-17-19)14(20)18-10-3-4-10/h1-2,5-6,8,10H,3-4H2,(H,18,20). The van der Waals surface area contributed by atoms with Crippen molar-refractivity contribution in [3.05, 3.63) is 46.2 Å². The predicted octanol–water partition coefficient (Wildman–Crippen LogP) is 2.40. The van der Waals surface area contributed by atoms with Crippen LogP contribution in [0.3, 0.4) is 0 Å². The molecule has 1 saturated carbocycles. The minimum Gasteiger partial charge on any atom is -0.349 e. The zero-order valence-corrected chi connectivity index (χ0v) is 12.1. The van der Waals surface area contributed by atoms with Crippen LogP contribution < -0.4 is 5.32 Å². The Balaban J connectivity index is 1.96. The van der Waals surface area contributed by atoms with E-state index in [2.05, 4.69) is 32.4 Å². The lowest BCUT2D eigenvalue weighted by molar-refractivity contribution is 0.0951. The highest BCUT2D eigenvalue weighted by Crippen LogP contribution is 2.21. The molecule has 0 bridgehead atoms. The summed E-state index contributed by atoms with van der Waals surface area (Å²) < 4.78 is 2.42. The molecule has 20 heavy (non-hydrogen) atoms. The minimum atomic E-state index is -0.229. The number of nitrogens with one attached hydrogen (secondary N) is 1. The maximum Gasteiger partial charge on any atom is 0.256 e. The quantitative estimate of drug-likeness (QED) is 0.939. The molecule has 1 aliphatic rings. The maximum atomic E-state index is 12.1. The van der Waals surface area contributed by atoms with E-state index < -0.39 is 0 Å². The molecule has 1 amide bonds. The molecule has 6 heteroatoms. The number of carbonyl (C=O) groups excluding carboxylic acids is 1. The van der Waals surface area contributed by atoms with Gasteiger partial charge in [0.05, 0.1) is 17.4 Å². The van der Waals surface area contributed by atoms with Crippen LogP contribution in [-0.2, 0) is 0 Å². The van der Waals surface area contributed by atoms with Crippen LogP contribution in [-0.4, -0.2) is 21.7 Å². The number of nitrogens with zero attached hydrogens (tertiary/aromatic N) is 3. The zero-order valence-electron chi connectivity index (χ0n) is 10.5. The van der Waals surface area contributed by atoms with E-state index in [0.717, 1.165) is 23.0 Å². The number of halogens is 1. The fraction of sp³-hybridized carbons (Fsp3) is 0.214. The van der Waals surface area contributed by atoms with Gasteiger partial charge in [0.2, 0.25) is 0 Å². The van der Waals surface area contributed by atoms with E-state index in [9.17, 15) is 10.1 Å². The first kappa shape index (κ1) is 12.9. The molecule has 1 aliphatic carbocycles. The number of hydrogen-bond acceptors (Lipinski definition) is 3. The predicted molar refractivity (Wildman–Crippen MR) is 76.5 cm³/mol. The van der Waals surface area contributed by atoms with Crippen LogP contribution in [0.2, 0.25) is 0 Å². The first-order valence-corrected chi connectivity index (χ1v) is 7.03. The van der Waals surface area contributed by atoms with Crippen LogP contribution in [0.1, 0.15) is 28.9 Å². The second-order valence-corrected chi connectivity index (χ2v) is 5.57. The molecule has 1 N–H and O–H groups in total. The molecule has 0 saturated heterocycles. The third-order valence-corrected chi connectivity index (χ3v) is 3.63. The third-order valence-electron chi connectivity index (χ3n) is 3.10. The highest BCUT2D eigenvalue weighted by molar-refractivity contribution is 9.10. The summed E-state index contributed by atoms with van der Waals surface area (Å²) in [5, 5.41) is 16.3. The smallest absolute Gasteiger partial charge is 0.256 e. The van der Waals surface area contributed by atoms with Crippen molar-refractivity contribution in [2.45, 2.75) is 18.9 Å². The summed E-state index contributed by atoms with van der Waals surface area (Å²) in [4.78, 5) is 12.1. The SMILES string of the molecule is N#Cc1c(C(=O)NC2CC2)cnn1-c1ccc(Br)cc1. The molecule has 1 fully saturated rings. The van der Waals surface area contributed by atoms with Gasteiger partial charge in [0.1, 0.15) is 6.07 Å². The second kappa shape index (κ2) is 5.10. The van der Waals surface area contributed by atoms with Gasteiger partial charge in [-0.25, -0.2) is 4.68 Å². The number of benzene rings is 1. The number of carbonyl (C=O) groups is 1. The van der Waals surface area contributed by atoms with Gasteiger partial charge in [0.25, 0.3) is 5.91 Å². The Hall–Kier alpha value is -2.13. The van der Waals surface area contributed by atoms with Crippen molar-refractivity contribution >= 4 is 21.8 Å². The van der Waals surface area contributed by atoms with Gasteiger partial charge >= 0.3 is 0 Å². The normalized spacial score (nSPS) is 13.8. The molecule has 1 aromatic carbocycles. The lowest BCUT2D eigenvalue weighted by Crippen LogP contribution is -2.25. The van der Waals surface area contributed by atoms with Crippen LogP contribution in [0.25, 0.3) is 5.69 Å². The first-order chi connectivity index (χ1) is 9.69. The number of hydrogen-bond donors (Lipinski definition) is 1. The summed E-state index contributed by atoms with van der Waals surface area (Å²) in [5.74, 6) is -0.229. The highest BCUT2D eigenvalue weighted by Gasteiger charge is 2.26. The lowest BCUT2D eigenvalue weighted by Gasteiger charge is -2.04. The molecular weight excluding hydrogens is 320 g/mol. The van der Waals surface area contributed by atoms with Crippen LogP contribution in [0.4, 0.5) is 0 Å². The third kappa shape index (κ3) is 2.45. The number of amides is 1. The van der Waals surface area contributed by atoms with Crippen LogP contribution in [0, 0.1) is 11.3 Å². The van der Waals surface area contributed by atoms with E-state index in [1.54, 1.807) is 0 Å². The fourth-order valence-corrected chi connectivity index (χ4v) is 2.16. The summed E-state index contributed by atoms with van der Waals surface area (Å²) in [5.41, 5.74) is 1.32. The molecule has 0 spiro atoms. The van der Waals surface area contributed by atoms with Crippen LogP contribution in [0.15, 0.2) is 34.9 Å². The Kier molecular flexibility index (Phi) is 3.28. The van der Waals surface area contributed by atoms with Gasteiger partial charge < -0.3 is 5.32 Å². The molecule has 1 aromatic heterocycles. The van der Waals surface area contributed by atoms with Crippen molar-refractivity contribution in [2.24, 2.45) is 0 Å². The molecule has 100 valence electrons. The Morgan fingerprint density at radius 3 is 2.70 bits per heavy atom. The first-order valence-electron chi connectivity index (χ1n) is 6.24. The van der Waals surface area contributed by atoms with Crippen LogP contribution in [0.5, 0.6) is 0 Å². The van der Waals surface area contributed by atoms with E-state index >= 15 is 0 Å². The van der Waals surface area contributed by atoms with Crippen molar-refractivity contribution in [3.63, 3.8) is 0 Å². The fourth-order valence-electron chi connectivity index (χ4n) is 1.89. The molecule has 0 atom stereocenters. The molecule has 0 aliphatic heterocycles. The van der Waals surface area contributed by atoms with Crippen LogP contribution >= 0.6 is 15.9 Å². The molecule has 0 radical (unpaired) electrons. The number of nitriles is 1. The Bertz CT molecular complexity index is 695. The summed E-state index contributed by atoms with van der Waals surface area (Å²) in [7, 11) is 0. The average molecular weight is 331 g/mol. The van der Waals surface area contributed by atoms with E-state index in [1.165, 1.54) is 10.9 Å². The van der Waals surface area contributed by atoms with Crippen molar-refractivity contribution in [3.8, 4) is 11.8 Å². The van der Waals surface area contributed by atoms with Crippen molar-refractivity contribution in [2.75, 3.05) is 0 Å². The molecule has 2 aromatic rings. The van der Waals surface area contributed by atoms with Crippen molar-refractivity contribution in [1.29, 1.82) is 5.26 Å². The largest absolute Gasteiger partial charge is 0.349 e.